The highest BCUT2D eigenvalue weighted by molar-refractivity contribution is 5.79. The molecule has 9 aliphatic rings. The number of ketones is 1. The van der Waals surface area contributed by atoms with E-state index in [1.54, 1.807) is 7.11 Å². The number of ether oxygens (including phenoxy) is 9. The predicted molar refractivity (Wildman–Crippen MR) is 191 cm³/mol. The van der Waals surface area contributed by atoms with Gasteiger partial charge in [-0.2, -0.15) is 0 Å². The van der Waals surface area contributed by atoms with E-state index in [4.69, 9.17) is 48.4 Å². The molecule has 0 aromatic heterocycles. The van der Waals surface area contributed by atoms with Crippen molar-refractivity contribution >= 4 is 5.78 Å². The Labute approximate surface area is 313 Å². The number of aliphatic hydroxyl groups is 1. The average Bonchev–Trinajstić information content (AvgIpc) is 3.76. The summed E-state index contributed by atoms with van der Waals surface area (Å²) in [5.41, 5.74) is 8.04. The van der Waals surface area contributed by atoms with E-state index in [-0.39, 0.29) is 135 Å². The summed E-state index contributed by atoms with van der Waals surface area (Å²) in [6.07, 6.45) is 5.36. The van der Waals surface area contributed by atoms with Crippen LogP contribution in [0.3, 0.4) is 0 Å². The summed E-state index contributed by atoms with van der Waals surface area (Å²) in [5, 5.41) is 10.5. The molecule has 12 heteroatoms. The second kappa shape index (κ2) is 15.2. The Morgan fingerprint density at radius 1 is 0.736 bits per heavy atom. The maximum atomic E-state index is 14.1. The van der Waals surface area contributed by atoms with Gasteiger partial charge in [-0.25, -0.2) is 0 Å². The van der Waals surface area contributed by atoms with Crippen molar-refractivity contribution in [2.45, 2.75) is 194 Å². The fraction of sp³-hybridized carbons (Fsp3) is 0.878. The van der Waals surface area contributed by atoms with Crippen LogP contribution in [0, 0.1) is 17.8 Å². The Kier molecular flexibility index (Phi) is 10.7. The first-order valence-electron chi connectivity index (χ1n) is 20.7. The molecular formula is C41H61NO11. The molecular weight excluding hydrogens is 682 g/mol. The van der Waals surface area contributed by atoms with Crippen molar-refractivity contribution in [3.63, 3.8) is 0 Å². The van der Waals surface area contributed by atoms with Crippen LogP contribution in [0.2, 0.25) is 0 Å². The largest absolute Gasteiger partial charge is 0.392 e. The van der Waals surface area contributed by atoms with Gasteiger partial charge >= 0.3 is 0 Å². The first-order chi connectivity index (χ1) is 25.6. The third-order valence-electron chi connectivity index (χ3n) is 14.3. The van der Waals surface area contributed by atoms with Crippen molar-refractivity contribution in [3.05, 3.63) is 24.3 Å². The van der Waals surface area contributed by atoms with Crippen LogP contribution in [0.15, 0.2) is 24.3 Å². The van der Waals surface area contributed by atoms with Crippen LogP contribution in [-0.4, -0.2) is 128 Å². The van der Waals surface area contributed by atoms with Crippen LogP contribution >= 0.6 is 0 Å². The first-order valence-corrected chi connectivity index (χ1v) is 20.7. The van der Waals surface area contributed by atoms with Gasteiger partial charge < -0.3 is 53.5 Å². The molecule has 9 fully saturated rings. The summed E-state index contributed by atoms with van der Waals surface area (Å²) in [4.78, 5) is 14.1. The van der Waals surface area contributed by atoms with Crippen molar-refractivity contribution in [3.8, 4) is 0 Å². The monoisotopic (exact) mass is 743 g/mol. The summed E-state index contributed by atoms with van der Waals surface area (Å²) in [6, 6.07) is 0. The van der Waals surface area contributed by atoms with Crippen molar-refractivity contribution in [1.29, 1.82) is 0 Å². The van der Waals surface area contributed by atoms with Crippen molar-refractivity contribution in [1.82, 2.24) is 0 Å². The molecule has 0 radical (unpaired) electrons. The molecule has 0 aliphatic carbocycles. The Bertz CT molecular complexity index is 1380. The summed E-state index contributed by atoms with van der Waals surface area (Å²) >= 11 is 0. The number of fused-ring (bicyclic) bond motifs is 6. The van der Waals surface area contributed by atoms with E-state index in [0.29, 0.717) is 12.8 Å². The van der Waals surface area contributed by atoms with Crippen molar-refractivity contribution in [2.24, 2.45) is 23.5 Å². The van der Waals surface area contributed by atoms with Crippen LogP contribution < -0.4 is 5.73 Å². The molecule has 0 amide bonds. The van der Waals surface area contributed by atoms with Gasteiger partial charge in [0.25, 0.3) is 0 Å². The lowest BCUT2D eigenvalue weighted by molar-refractivity contribution is -0.309. The number of carbonyl (C=O) groups is 1. The van der Waals surface area contributed by atoms with Crippen LogP contribution in [0.25, 0.3) is 0 Å². The van der Waals surface area contributed by atoms with E-state index >= 15 is 0 Å². The van der Waals surface area contributed by atoms with Crippen molar-refractivity contribution < 1.29 is 52.5 Å². The Morgan fingerprint density at radius 2 is 1.43 bits per heavy atom. The van der Waals surface area contributed by atoms with Gasteiger partial charge in [-0.15, -0.1) is 0 Å². The van der Waals surface area contributed by atoms with E-state index in [0.717, 1.165) is 68.9 Å². The molecule has 7 unspecified atom stereocenters. The van der Waals surface area contributed by atoms with Crippen molar-refractivity contribution in [2.75, 3.05) is 13.7 Å². The highest BCUT2D eigenvalue weighted by Crippen LogP contribution is 2.50. The highest BCUT2D eigenvalue weighted by atomic mass is 16.7. The molecule has 0 aromatic rings. The summed E-state index contributed by atoms with van der Waals surface area (Å²) in [6.45, 7) is 11.3. The van der Waals surface area contributed by atoms with Gasteiger partial charge in [-0.3, -0.25) is 4.79 Å². The molecule has 296 valence electrons. The standard InChI is InChI=1S/C41H61NO11/c1-19-11-26-7-9-29-20(2)12-25(46-29)6-5-22-13-33-37-38-40(51-33)39(53-41(22)52-37)36-30(50-38)10-8-27(48-36)14-23(43)15-28-32(17-31(47-26)21(19)3)49-34(35(28)45-4)16-24(44)18-42/h19,22,24-41,44H,2-3,5-18,42H2,1,4H3/t19-,22?,24?,25+,26+,27-,28?,29+,30+,31-,32?,33-,34-,35-,36+,37+,38+,39?,40?,41?/m1/s1. The molecule has 20 atom stereocenters. The summed E-state index contributed by atoms with van der Waals surface area (Å²) in [5.74, 6) is 0.346. The number of nitrogens with two attached hydrogens (primary N) is 1. The molecule has 0 aromatic carbocycles. The minimum atomic E-state index is -0.729. The molecule has 9 saturated heterocycles. The van der Waals surface area contributed by atoms with Gasteiger partial charge in [0.1, 0.15) is 36.3 Å². The number of hydrogen-bond acceptors (Lipinski definition) is 12. The third kappa shape index (κ3) is 7.15. The number of Topliss-reactive ketones (excluding diaryl/α,β-unsaturated/α-hetero) is 1. The summed E-state index contributed by atoms with van der Waals surface area (Å²) in [7, 11) is 1.66. The lowest BCUT2D eigenvalue weighted by Crippen LogP contribution is -2.61. The zero-order valence-electron chi connectivity index (χ0n) is 31.5. The van der Waals surface area contributed by atoms with E-state index in [1.165, 1.54) is 0 Å². The first kappa shape index (κ1) is 37.3. The van der Waals surface area contributed by atoms with Gasteiger partial charge in [-0.1, -0.05) is 20.1 Å². The number of carbonyl (C=O) groups excluding carboxylic acids is 1. The third-order valence-corrected chi connectivity index (χ3v) is 14.3. The topological polar surface area (TPSA) is 146 Å². The predicted octanol–water partition coefficient (Wildman–Crippen LogP) is 3.68. The minimum absolute atomic E-state index is 0.0106. The molecule has 9 rings (SSSR count). The average molecular weight is 744 g/mol. The van der Waals surface area contributed by atoms with E-state index in [9.17, 15) is 9.90 Å². The SMILES string of the molecule is C=C1C[C@@H]2CCC3C[C@H]4OC5C6OC3O[C@@H]4[C@@H]5O[C@H]3CC[C@H](CC(=O)CC4C(C[C@H]5O[C@@H](CC[C@@H]1O2)C[C@@H](C)C5=C)O[C@H](CC(O)CN)[C@@H]4OC)O[C@H]63. The van der Waals surface area contributed by atoms with Crippen LogP contribution in [-0.2, 0) is 47.4 Å². The lowest BCUT2D eigenvalue weighted by atomic mass is 9.81. The fourth-order valence-corrected chi connectivity index (χ4v) is 11.4. The number of hydrogen-bond donors (Lipinski definition) is 2. The van der Waals surface area contributed by atoms with Crippen LogP contribution in [0.1, 0.15) is 90.4 Å². The number of aliphatic hydroxyl groups excluding tert-OH is 1. The second-order valence-corrected chi connectivity index (χ2v) is 17.8. The molecule has 9 aliphatic heterocycles. The van der Waals surface area contributed by atoms with Crippen LogP contribution in [0.4, 0.5) is 0 Å². The van der Waals surface area contributed by atoms with E-state index in [1.807, 2.05) is 0 Å². The fourth-order valence-electron chi connectivity index (χ4n) is 11.4. The molecule has 9 heterocycles. The quantitative estimate of drug-likeness (QED) is 0.405. The molecule has 11 bridgehead atoms. The van der Waals surface area contributed by atoms with E-state index in [2.05, 4.69) is 20.1 Å². The normalized spacial score (nSPS) is 51.8. The molecule has 3 N–H and O–H groups in total. The minimum Gasteiger partial charge on any atom is -0.392 e. The number of rotatable bonds is 4. The highest BCUT2D eigenvalue weighted by Gasteiger charge is 2.64. The zero-order valence-corrected chi connectivity index (χ0v) is 31.5. The van der Waals surface area contributed by atoms with Crippen LogP contribution in [0.5, 0.6) is 0 Å². The Balaban J connectivity index is 0.984. The molecule has 53 heavy (non-hydrogen) atoms. The molecule has 0 spiro atoms. The van der Waals surface area contributed by atoms with E-state index < -0.39 is 12.2 Å². The molecule has 12 nitrogen and oxygen atoms in total. The maximum Gasteiger partial charge on any atom is 0.161 e. The maximum absolute atomic E-state index is 14.1. The Hall–Kier alpha value is -1.29. The van der Waals surface area contributed by atoms with Gasteiger partial charge in [0.05, 0.1) is 67.1 Å². The molecule has 0 saturated carbocycles. The lowest BCUT2D eigenvalue weighted by Gasteiger charge is -2.47. The van der Waals surface area contributed by atoms with Gasteiger partial charge in [0.2, 0.25) is 0 Å². The smallest absolute Gasteiger partial charge is 0.161 e. The van der Waals surface area contributed by atoms with Gasteiger partial charge in [-0.05, 0) is 74.9 Å². The van der Waals surface area contributed by atoms with Gasteiger partial charge in [0.15, 0.2) is 6.29 Å². The zero-order chi connectivity index (χ0) is 36.5. The number of methoxy groups -OCH3 is 1. The van der Waals surface area contributed by atoms with Gasteiger partial charge in [0, 0.05) is 51.2 Å². The summed E-state index contributed by atoms with van der Waals surface area (Å²) < 4.78 is 59.9. The Morgan fingerprint density at radius 3 is 2.26 bits per heavy atom. The second-order valence-electron chi connectivity index (χ2n) is 17.8.